The first-order valence-electron chi connectivity index (χ1n) is 1.24. The van der Waals surface area contributed by atoms with Crippen molar-refractivity contribution < 1.29 is 85.6 Å². The minimum absolute atomic E-state index is 0. The molecule has 0 radical (unpaired) electrons. The van der Waals surface area contributed by atoms with Crippen LogP contribution in [0.2, 0.25) is 0 Å². The van der Waals surface area contributed by atoms with Gasteiger partial charge in [0.1, 0.15) is 0 Å². The monoisotopic (exact) mass is 174 g/mol. The molecule has 0 aromatic heterocycles. The summed E-state index contributed by atoms with van der Waals surface area (Å²) in [5.74, 6) is 0. The Bertz CT molecular complexity index is 115. The van der Waals surface area contributed by atoms with E-state index in [9.17, 15) is 4.57 Å². The van der Waals surface area contributed by atoms with Crippen LogP contribution in [0.4, 0.5) is 0 Å². The summed E-state index contributed by atoms with van der Waals surface area (Å²) in [5, 5.41) is 0. The number of carbonyl (C=O) groups is 1. The summed E-state index contributed by atoms with van der Waals surface area (Å²) in [6, 6.07) is 0. The van der Waals surface area contributed by atoms with Crippen LogP contribution in [0.5, 0.6) is 0 Å². The van der Waals surface area contributed by atoms with E-state index in [0.29, 0.717) is 0 Å². The van der Waals surface area contributed by atoms with Crippen LogP contribution in [0, 0.1) is 0 Å². The zero-order chi connectivity index (χ0) is 5.91. The van der Waals surface area contributed by atoms with Gasteiger partial charge in [-0.2, -0.15) is 0 Å². The maximum absolute atomic E-state index is 9.47. The summed E-state index contributed by atoms with van der Waals surface area (Å²) in [5.41, 5.74) is 0. The van der Waals surface area contributed by atoms with Gasteiger partial charge < -0.3 is 7.38 Å². The quantitative estimate of drug-likeness (QED) is 0.247. The summed E-state index contributed by atoms with van der Waals surface area (Å²) < 4.78 is 12.7. The van der Waals surface area contributed by atoms with Gasteiger partial charge in [-0.1, -0.05) is 0 Å². The van der Waals surface area contributed by atoms with Crippen LogP contribution < -0.4 is 59.1 Å². The van der Waals surface area contributed by atoms with Crippen LogP contribution in [-0.2, 0) is 13.9 Å². The van der Waals surface area contributed by atoms with E-state index < -0.39 is 7.82 Å². The molecule has 0 aliphatic carbocycles. The molecule has 0 bridgehead atoms. The van der Waals surface area contributed by atoms with E-state index in [1.54, 1.807) is 0 Å². The third-order valence-electron chi connectivity index (χ3n) is 0.180. The molecule has 0 aliphatic rings. The van der Waals surface area contributed by atoms with Crippen molar-refractivity contribution in [2.45, 2.75) is 0 Å². The molecular weight excluding hydrogens is 169 g/mol. The standard InChI is InChI=1S/CH3O5P.2Na.2H/c2-1-6-7(3,4)5;;;;/h1H,(H2,3,4,5);;;;/q;2*+1;2*-1. The Hall–Kier alpha value is 1.62. The second-order valence-electron chi connectivity index (χ2n) is 0.692. The van der Waals surface area contributed by atoms with E-state index in [1.807, 2.05) is 0 Å². The van der Waals surface area contributed by atoms with Crippen molar-refractivity contribution in [1.29, 1.82) is 0 Å². The molecule has 0 fully saturated rings. The number of hydrogen-bond donors (Lipinski definition) is 2. The zero-order valence-corrected chi connectivity index (χ0v) is 10.0. The second kappa shape index (κ2) is 7.72. The summed E-state index contributed by atoms with van der Waals surface area (Å²) in [6.07, 6.45) is 0. The molecule has 0 heterocycles. The smallest absolute Gasteiger partial charge is 1.00 e. The normalized spacial score (nSPS) is 8.22. The van der Waals surface area contributed by atoms with Gasteiger partial charge >= 0.3 is 73.4 Å². The fourth-order valence-corrected chi connectivity index (χ4v) is 0.168. The maximum atomic E-state index is 9.47. The number of phosphoric acid groups is 1. The summed E-state index contributed by atoms with van der Waals surface area (Å²) in [6.45, 7) is -0.305. The topological polar surface area (TPSA) is 83.8 Å². The minimum atomic E-state index is -4.53. The molecule has 0 aliphatic heterocycles. The second-order valence-corrected chi connectivity index (χ2v) is 1.88. The van der Waals surface area contributed by atoms with E-state index in [1.165, 1.54) is 0 Å². The SMILES string of the molecule is O=COP(=O)(O)O.[H-].[H-].[Na+].[Na+]. The third kappa shape index (κ3) is 17.7. The first kappa shape index (κ1) is 16.9. The average molecular weight is 174 g/mol. The van der Waals surface area contributed by atoms with E-state index >= 15 is 0 Å². The van der Waals surface area contributed by atoms with Crippen molar-refractivity contribution in [2.24, 2.45) is 0 Å². The fraction of sp³-hybridized carbons (Fsp3) is 0. The first-order chi connectivity index (χ1) is 3.06. The first-order valence-corrected chi connectivity index (χ1v) is 2.77. The molecule has 0 aromatic carbocycles. The average Bonchev–Trinajstić information content (AvgIpc) is 1.30. The molecule has 0 atom stereocenters. The number of phosphoric ester groups is 1. The Morgan fingerprint density at radius 2 is 1.78 bits per heavy atom. The summed E-state index contributed by atoms with van der Waals surface area (Å²) in [7, 11) is -4.53. The number of carbonyl (C=O) groups excluding carboxylic acids is 1. The van der Waals surface area contributed by atoms with Crippen molar-refractivity contribution in [2.75, 3.05) is 0 Å². The van der Waals surface area contributed by atoms with E-state index in [4.69, 9.17) is 14.6 Å². The molecular formula is CH5Na2O5P. The van der Waals surface area contributed by atoms with Crippen molar-refractivity contribution in [3.63, 3.8) is 0 Å². The van der Waals surface area contributed by atoms with Gasteiger partial charge in [0, 0.05) is 0 Å². The van der Waals surface area contributed by atoms with Crippen molar-refractivity contribution in [3.05, 3.63) is 0 Å². The Morgan fingerprint density at radius 1 is 1.44 bits per heavy atom. The fourth-order valence-electron chi connectivity index (χ4n) is 0.0561. The number of rotatable bonds is 2. The van der Waals surface area contributed by atoms with Crippen LogP contribution in [0.3, 0.4) is 0 Å². The van der Waals surface area contributed by atoms with E-state index in [0.717, 1.165) is 0 Å². The molecule has 0 unspecified atom stereocenters. The van der Waals surface area contributed by atoms with E-state index in [-0.39, 0.29) is 68.4 Å². The molecule has 2 N–H and O–H groups in total. The van der Waals surface area contributed by atoms with Gasteiger partial charge in [-0.15, -0.1) is 0 Å². The molecule has 0 spiro atoms. The Balaban J connectivity index is -0.0000000300. The summed E-state index contributed by atoms with van der Waals surface area (Å²) >= 11 is 0. The molecule has 5 nitrogen and oxygen atoms in total. The van der Waals surface area contributed by atoms with Crippen LogP contribution in [0.25, 0.3) is 0 Å². The van der Waals surface area contributed by atoms with Crippen LogP contribution in [0.15, 0.2) is 0 Å². The van der Waals surface area contributed by atoms with Gasteiger partial charge in [0.15, 0.2) is 0 Å². The van der Waals surface area contributed by atoms with E-state index in [2.05, 4.69) is 4.52 Å². The minimum Gasteiger partial charge on any atom is -1.00 e. The Morgan fingerprint density at radius 3 is 1.78 bits per heavy atom. The molecule has 46 valence electrons. The molecule has 0 amide bonds. The van der Waals surface area contributed by atoms with Crippen LogP contribution in [-0.4, -0.2) is 16.3 Å². The largest absolute Gasteiger partial charge is 1.00 e. The van der Waals surface area contributed by atoms with Gasteiger partial charge in [-0.3, -0.25) is 14.6 Å². The van der Waals surface area contributed by atoms with Crippen LogP contribution >= 0.6 is 7.82 Å². The predicted molar refractivity (Wildman–Crippen MR) is 21.4 cm³/mol. The predicted octanol–water partition coefficient (Wildman–Crippen LogP) is -6.51. The van der Waals surface area contributed by atoms with Gasteiger partial charge in [0.05, 0.1) is 0 Å². The molecule has 0 aromatic rings. The Labute approximate surface area is 98.9 Å². The molecule has 0 saturated heterocycles. The third-order valence-corrected chi connectivity index (χ3v) is 0.541. The molecule has 8 heteroatoms. The van der Waals surface area contributed by atoms with Crippen molar-refractivity contribution in [3.8, 4) is 0 Å². The maximum Gasteiger partial charge on any atom is 1.00 e. The van der Waals surface area contributed by atoms with Gasteiger partial charge in [0.2, 0.25) is 0 Å². The van der Waals surface area contributed by atoms with Gasteiger partial charge in [-0.05, 0) is 0 Å². The van der Waals surface area contributed by atoms with Gasteiger partial charge in [0.25, 0.3) is 0 Å². The van der Waals surface area contributed by atoms with Crippen LogP contribution in [0.1, 0.15) is 2.85 Å². The Kier molecular flexibility index (Phi) is 14.5. The summed E-state index contributed by atoms with van der Waals surface area (Å²) in [4.78, 5) is 24.5. The molecule has 0 rings (SSSR count). The van der Waals surface area contributed by atoms with Gasteiger partial charge in [-0.25, -0.2) is 4.57 Å². The van der Waals surface area contributed by atoms with Crippen molar-refractivity contribution in [1.82, 2.24) is 0 Å². The molecule has 9 heavy (non-hydrogen) atoms. The van der Waals surface area contributed by atoms with Crippen molar-refractivity contribution >= 4 is 14.3 Å². The molecule has 0 saturated carbocycles. The number of hydrogen-bond acceptors (Lipinski definition) is 3. The zero-order valence-electron chi connectivity index (χ0n) is 7.14.